The van der Waals surface area contributed by atoms with Gasteiger partial charge in [-0.2, -0.15) is 0 Å². The molecule has 1 aromatic heterocycles. The minimum atomic E-state index is -0.195. The molecule has 1 amide bonds. The van der Waals surface area contributed by atoms with Crippen LogP contribution in [0.1, 0.15) is 10.4 Å². The van der Waals surface area contributed by atoms with Crippen molar-refractivity contribution in [3.8, 4) is 11.8 Å². The van der Waals surface area contributed by atoms with E-state index in [0.29, 0.717) is 17.0 Å². The fraction of sp³-hybridized carbons (Fsp3) is 0. The first-order valence-electron chi connectivity index (χ1n) is 6.82. The zero-order chi connectivity index (χ0) is 16.1. The fourth-order valence-corrected chi connectivity index (χ4v) is 2.31. The van der Waals surface area contributed by atoms with Gasteiger partial charge in [-0.25, -0.2) is 9.97 Å². The summed E-state index contributed by atoms with van der Waals surface area (Å²) in [6, 6.07) is 16.2. The zero-order valence-corrected chi connectivity index (χ0v) is 13.5. The van der Waals surface area contributed by atoms with Gasteiger partial charge in [-0.3, -0.25) is 4.79 Å². The van der Waals surface area contributed by atoms with Crippen molar-refractivity contribution in [2.24, 2.45) is 0 Å². The Morgan fingerprint density at radius 1 is 1.00 bits per heavy atom. The highest BCUT2D eigenvalue weighted by molar-refractivity contribution is 9.10. The van der Waals surface area contributed by atoms with Gasteiger partial charge in [-0.05, 0) is 36.4 Å². The Labute approximate surface area is 141 Å². The van der Waals surface area contributed by atoms with Gasteiger partial charge in [0.2, 0.25) is 0 Å². The highest BCUT2D eigenvalue weighted by atomic mass is 79.9. The number of anilines is 1. The van der Waals surface area contributed by atoms with E-state index >= 15 is 0 Å². The van der Waals surface area contributed by atoms with Gasteiger partial charge in [0.1, 0.15) is 5.75 Å². The van der Waals surface area contributed by atoms with Crippen LogP contribution in [0.3, 0.4) is 0 Å². The van der Waals surface area contributed by atoms with Crippen molar-refractivity contribution in [3.05, 3.63) is 77.0 Å². The molecule has 0 spiro atoms. The molecule has 0 bridgehead atoms. The summed E-state index contributed by atoms with van der Waals surface area (Å²) in [5, 5.41) is 2.83. The van der Waals surface area contributed by atoms with E-state index in [1.807, 2.05) is 12.1 Å². The molecule has 0 aliphatic carbocycles. The van der Waals surface area contributed by atoms with Crippen molar-refractivity contribution in [3.63, 3.8) is 0 Å². The Bertz CT molecular complexity index is 825. The van der Waals surface area contributed by atoms with Crippen molar-refractivity contribution in [2.75, 3.05) is 5.32 Å². The Morgan fingerprint density at radius 3 is 2.57 bits per heavy atom. The largest absolute Gasteiger partial charge is 0.424 e. The van der Waals surface area contributed by atoms with Crippen LogP contribution in [-0.2, 0) is 0 Å². The van der Waals surface area contributed by atoms with Gasteiger partial charge >= 0.3 is 6.01 Å². The van der Waals surface area contributed by atoms with E-state index in [2.05, 4.69) is 31.2 Å². The summed E-state index contributed by atoms with van der Waals surface area (Å²) >= 11 is 3.35. The number of ether oxygens (including phenoxy) is 1. The SMILES string of the molecule is O=C(Nc1cccc(Oc2ncccn2)c1)c1cccc(Br)c1. The maximum absolute atomic E-state index is 12.2. The third-order valence-corrected chi connectivity index (χ3v) is 3.42. The topological polar surface area (TPSA) is 64.1 Å². The molecule has 3 rings (SSSR count). The van der Waals surface area contributed by atoms with Crippen molar-refractivity contribution in [1.29, 1.82) is 0 Å². The van der Waals surface area contributed by atoms with Gasteiger partial charge in [0, 0.05) is 34.2 Å². The predicted molar refractivity (Wildman–Crippen MR) is 90.6 cm³/mol. The lowest BCUT2D eigenvalue weighted by molar-refractivity contribution is 0.102. The number of carbonyl (C=O) groups excluding carboxylic acids is 1. The van der Waals surface area contributed by atoms with Crippen LogP contribution >= 0.6 is 15.9 Å². The molecule has 0 saturated heterocycles. The minimum absolute atomic E-state index is 0.195. The second kappa shape index (κ2) is 7.02. The maximum Gasteiger partial charge on any atom is 0.321 e. The van der Waals surface area contributed by atoms with Crippen LogP contribution in [0.5, 0.6) is 11.8 Å². The van der Waals surface area contributed by atoms with Gasteiger partial charge in [0.05, 0.1) is 0 Å². The molecule has 114 valence electrons. The van der Waals surface area contributed by atoms with E-state index < -0.39 is 0 Å². The Morgan fingerprint density at radius 2 is 1.78 bits per heavy atom. The summed E-state index contributed by atoms with van der Waals surface area (Å²) < 4.78 is 6.39. The monoisotopic (exact) mass is 369 g/mol. The van der Waals surface area contributed by atoms with Crippen molar-refractivity contribution >= 4 is 27.5 Å². The quantitative estimate of drug-likeness (QED) is 0.745. The van der Waals surface area contributed by atoms with Crippen LogP contribution in [-0.4, -0.2) is 15.9 Å². The molecule has 0 saturated carbocycles. The minimum Gasteiger partial charge on any atom is -0.424 e. The number of amides is 1. The molecule has 1 heterocycles. The van der Waals surface area contributed by atoms with Crippen molar-refractivity contribution in [1.82, 2.24) is 9.97 Å². The average molecular weight is 370 g/mol. The van der Waals surface area contributed by atoms with Gasteiger partial charge in [0.25, 0.3) is 5.91 Å². The van der Waals surface area contributed by atoms with E-state index in [9.17, 15) is 4.79 Å². The number of benzene rings is 2. The highest BCUT2D eigenvalue weighted by Gasteiger charge is 2.07. The number of nitrogens with zero attached hydrogens (tertiary/aromatic N) is 2. The second-order valence-corrected chi connectivity index (χ2v) is 5.54. The molecule has 6 heteroatoms. The van der Waals surface area contributed by atoms with Crippen molar-refractivity contribution < 1.29 is 9.53 Å². The average Bonchev–Trinajstić information content (AvgIpc) is 2.56. The van der Waals surface area contributed by atoms with E-state index in [1.165, 1.54) is 0 Å². The summed E-state index contributed by atoms with van der Waals surface area (Å²) in [5.41, 5.74) is 1.19. The molecule has 2 aromatic carbocycles. The predicted octanol–water partition coefficient (Wildman–Crippen LogP) is 4.28. The zero-order valence-electron chi connectivity index (χ0n) is 11.9. The van der Waals surface area contributed by atoms with E-state index in [1.54, 1.807) is 54.9 Å². The highest BCUT2D eigenvalue weighted by Crippen LogP contribution is 2.22. The number of carbonyl (C=O) groups is 1. The first-order valence-corrected chi connectivity index (χ1v) is 7.62. The van der Waals surface area contributed by atoms with Crippen LogP contribution < -0.4 is 10.1 Å². The van der Waals surface area contributed by atoms with Gasteiger partial charge in [-0.15, -0.1) is 0 Å². The number of halogens is 1. The molecule has 0 aliphatic heterocycles. The summed E-state index contributed by atoms with van der Waals surface area (Å²) in [6.07, 6.45) is 3.20. The normalized spacial score (nSPS) is 10.1. The number of hydrogen-bond acceptors (Lipinski definition) is 4. The number of hydrogen-bond donors (Lipinski definition) is 1. The maximum atomic E-state index is 12.2. The Balaban J connectivity index is 1.74. The van der Waals surface area contributed by atoms with E-state index in [4.69, 9.17) is 4.74 Å². The molecular formula is C17H12BrN3O2. The Hall–Kier alpha value is -2.73. The number of aromatic nitrogens is 2. The number of rotatable bonds is 4. The van der Waals surface area contributed by atoms with Crippen LogP contribution in [0, 0.1) is 0 Å². The fourth-order valence-electron chi connectivity index (χ4n) is 1.91. The molecule has 5 nitrogen and oxygen atoms in total. The summed E-state index contributed by atoms with van der Waals surface area (Å²) in [5.74, 6) is 0.350. The van der Waals surface area contributed by atoms with Gasteiger partial charge in [0.15, 0.2) is 0 Å². The molecule has 23 heavy (non-hydrogen) atoms. The van der Waals surface area contributed by atoms with E-state index in [0.717, 1.165) is 4.47 Å². The van der Waals surface area contributed by atoms with Crippen LogP contribution in [0.15, 0.2) is 71.5 Å². The number of nitrogens with one attached hydrogen (secondary N) is 1. The van der Waals surface area contributed by atoms with Gasteiger partial charge in [-0.1, -0.05) is 28.1 Å². The third kappa shape index (κ3) is 4.14. The van der Waals surface area contributed by atoms with E-state index in [-0.39, 0.29) is 11.9 Å². The lowest BCUT2D eigenvalue weighted by Crippen LogP contribution is -2.11. The molecule has 1 N–H and O–H groups in total. The van der Waals surface area contributed by atoms with Crippen molar-refractivity contribution in [2.45, 2.75) is 0 Å². The summed E-state index contributed by atoms with van der Waals surface area (Å²) in [4.78, 5) is 20.2. The molecule has 0 aliphatic rings. The second-order valence-electron chi connectivity index (χ2n) is 4.63. The molecule has 0 atom stereocenters. The molecule has 0 fully saturated rings. The van der Waals surface area contributed by atoms with Gasteiger partial charge < -0.3 is 10.1 Å². The van der Waals surface area contributed by atoms with Crippen LogP contribution in [0.4, 0.5) is 5.69 Å². The lowest BCUT2D eigenvalue weighted by atomic mass is 10.2. The molecule has 0 unspecified atom stereocenters. The first-order chi connectivity index (χ1) is 11.2. The standard InChI is InChI=1S/C17H12BrN3O2/c18-13-5-1-4-12(10-13)16(22)21-14-6-2-7-15(11-14)23-17-19-8-3-9-20-17/h1-11H,(H,21,22). The smallest absolute Gasteiger partial charge is 0.321 e. The summed E-state index contributed by atoms with van der Waals surface area (Å²) in [6.45, 7) is 0. The Kier molecular flexibility index (Phi) is 4.63. The summed E-state index contributed by atoms with van der Waals surface area (Å²) in [7, 11) is 0. The third-order valence-electron chi connectivity index (χ3n) is 2.93. The molecular weight excluding hydrogens is 358 g/mol. The molecule has 3 aromatic rings. The first kappa shape index (κ1) is 15.2. The molecule has 0 radical (unpaired) electrons. The van der Waals surface area contributed by atoms with Crippen LogP contribution in [0.25, 0.3) is 0 Å². The van der Waals surface area contributed by atoms with Crippen LogP contribution in [0.2, 0.25) is 0 Å². The lowest BCUT2D eigenvalue weighted by Gasteiger charge is -2.08.